The third kappa shape index (κ3) is 4.77. The number of nitrogens with two attached hydrogens (primary N) is 1. The molecule has 28 heavy (non-hydrogen) atoms. The van der Waals surface area contributed by atoms with Crippen molar-refractivity contribution in [2.24, 2.45) is 11.7 Å². The monoisotopic (exact) mass is 414 g/mol. The molecule has 3 rings (SSSR count). The lowest BCUT2D eigenvalue weighted by molar-refractivity contribution is 0.0678. The van der Waals surface area contributed by atoms with E-state index in [4.69, 9.17) is 22.7 Å². The first-order valence-corrected chi connectivity index (χ1v) is 10.5. The van der Waals surface area contributed by atoms with Crippen LogP contribution in [0.25, 0.3) is 0 Å². The molecule has 7 heteroatoms. The fourth-order valence-electron chi connectivity index (χ4n) is 3.30. The lowest BCUT2D eigenvalue weighted by atomic mass is 10.1. The summed E-state index contributed by atoms with van der Waals surface area (Å²) in [5, 5.41) is 1.29. The zero-order chi connectivity index (χ0) is 20.1. The maximum atomic E-state index is 5.59. The summed E-state index contributed by atoms with van der Waals surface area (Å²) in [5.41, 5.74) is 8.00. The van der Waals surface area contributed by atoms with Crippen LogP contribution in [0.2, 0.25) is 0 Å². The minimum atomic E-state index is 0.0678. The Bertz CT molecular complexity index is 827. The second kappa shape index (κ2) is 9.30. The van der Waals surface area contributed by atoms with Gasteiger partial charge >= 0.3 is 0 Å². The lowest BCUT2D eigenvalue weighted by Gasteiger charge is -2.32. The maximum absolute atomic E-state index is 5.59. The molecule has 1 aromatic carbocycles. The molecule has 0 radical (unpaired) electrons. The number of nitrogens with zero attached hydrogens (tertiary/aromatic N) is 3. The fourth-order valence-corrected chi connectivity index (χ4v) is 4.66. The van der Waals surface area contributed by atoms with Crippen LogP contribution in [-0.4, -0.2) is 32.9 Å². The van der Waals surface area contributed by atoms with Gasteiger partial charge in [-0.25, -0.2) is 0 Å². The van der Waals surface area contributed by atoms with E-state index in [0.29, 0.717) is 12.6 Å². The molecule has 1 unspecified atom stereocenters. The van der Waals surface area contributed by atoms with E-state index in [2.05, 4.69) is 65.9 Å². The van der Waals surface area contributed by atoms with Crippen LogP contribution in [0, 0.1) is 5.92 Å². The zero-order valence-corrected chi connectivity index (χ0v) is 18.0. The van der Waals surface area contributed by atoms with Gasteiger partial charge < -0.3 is 20.3 Å². The molecule has 0 bridgehead atoms. The molecule has 2 aromatic rings. The van der Waals surface area contributed by atoms with Crippen molar-refractivity contribution in [3.8, 4) is 0 Å². The van der Waals surface area contributed by atoms with Crippen LogP contribution < -0.4 is 5.73 Å². The number of aromatic nitrogens is 1. The molecule has 2 N–H and O–H groups in total. The van der Waals surface area contributed by atoms with Crippen LogP contribution in [0.15, 0.2) is 70.5 Å². The summed E-state index contributed by atoms with van der Waals surface area (Å²) in [5.74, 6) is 0.322. The first kappa shape index (κ1) is 20.5. The Morgan fingerprint density at radius 3 is 2.57 bits per heavy atom. The molecule has 1 aliphatic rings. The number of thioether (sulfide) groups is 1. The standard InChI is InChI=1S/C21H26N4OS2/c1-15(2)19-20(28-18-9-5-4-6-10-18)24(13-17-8-7-11-23-12-17)16(3)25(19)14-26-21(22)27/h4-12,15-16H,13-14H2,1-3H3,(H2,22,27). The van der Waals surface area contributed by atoms with Gasteiger partial charge in [0.2, 0.25) is 0 Å². The number of pyridine rings is 1. The first-order valence-electron chi connectivity index (χ1n) is 9.29. The van der Waals surface area contributed by atoms with Gasteiger partial charge in [-0.1, -0.05) is 49.9 Å². The molecule has 5 nitrogen and oxygen atoms in total. The minimum Gasteiger partial charge on any atom is -0.450 e. The highest BCUT2D eigenvalue weighted by Gasteiger charge is 2.37. The fraction of sp³-hybridized carbons (Fsp3) is 0.333. The van der Waals surface area contributed by atoms with Crippen molar-refractivity contribution in [3.63, 3.8) is 0 Å². The van der Waals surface area contributed by atoms with E-state index in [0.717, 1.165) is 6.54 Å². The number of benzene rings is 1. The van der Waals surface area contributed by atoms with E-state index in [9.17, 15) is 0 Å². The number of allylic oxidation sites excluding steroid dienone is 1. The Balaban J connectivity index is 1.98. The largest absolute Gasteiger partial charge is 0.450 e. The summed E-state index contributed by atoms with van der Waals surface area (Å²) >= 11 is 6.71. The molecule has 0 saturated carbocycles. The minimum absolute atomic E-state index is 0.0678. The highest BCUT2D eigenvalue weighted by atomic mass is 32.2. The average Bonchev–Trinajstić information content (AvgIpc) is 2.93. The quantitative estimate of drug-likeness (QED) is 0.675. The van der Waals surface area contributed by atoms with Gasteiger partial charge in [-0.2, -0.15) is 0 Å². The molecule has 1 atom stereocenters. The maximum Gasteiger partial charge on any atom is 0.255 e. The van der Waals surface area contributed by atoms with Crippen molar-refractivity contribution >= 4 is 29.2 Å². The number of hydrogen-bond donors (Lipinski definition) is 1. The van der Waals surface area contributed by atoms with Crippen LogP contribution in [0.3, 0.4) is 0 Å². The van der Waals surface area contributed by atoms with E-state index in [1.54, 1.807) is 18.0 Å². The summed E-state index contributed by atoms with van der Waals surface area (Å²) in [6.45, 7) is 7.69. The Morgan fingerprint density at radius 1 is 1.21 bits per heavy atom. The number of thiocarbonyl (C=S) groups is 1. The molecule has 0 saturated heterocycles. The zero-order valence-electron chi connectivity index (χ0n) is 16.4. The van der Waals surface area contributed by atoms with Crippen LogP contribution in [0.4, 0.5) is 0 Å². The average molecular weight is 415 g/mol. The van der Waals surface area contributed by atoms with Crippen molar-refractivity contribution < 1.29 is 4.74 Å². The topological polar surface area (TPSA) is 54.6 Å². The molecule has 148 valence electrons. The Kier molecular flexibility index (Phi) is 6.80. The van der Waals surface area contributed by atoms with Gasteiger partial charge in [-0.15, -0.1) is 0 Å². The van der Waals surface area contributed by atoms with Gasteiger partial charge in [-0.3, -0.25) is 4.98 Å². The van der Waals surface area contributed by atoms with Crippen LogP contribution in [0.1, 0.15) is 26.3 Å². The molecule has 1 aromatic heterocycles. The molecule has 0 amide bonds. The molecule has 2 heterocycles. The van der Waals surface area contributed by atoms with Crippen molar-refractivity contribution in [1.29, 1.82) is 0 Å². The predicted octanol–water partition coefficient (Wildman–Crippen LogP) is 4.38. The summed E-state index contributed by atoms with van der Waals surface area (Å²) < 4.78 is 5.53. The van der Waals surface area contributed by atoms with E-state index >= 15 is 0 Å². The van der Waals surface area contributed by atoms with Gasteiger partial charge in [0.25, 0.3) is 5.17 Å². The summed E-state index contributed by atoms with van der Waals surface area (Å²) in [7, 11) is 0. The van der Waals surface area contributed by atoms with Gasteiger partial charge in [-0.05, 0) is 48.8 Å². The third-order valence-electron chi connectivity index (χ3n) is 4.62. The Labute approximate surface area is 176 Å². The normalized spacial score (nSPS) is 16.8. The lowest BCUT2D eigenvalue weighted by Crippen LogP contribution is -2.40. The van der Waals surface area contributed by atoms with Gasteiger partial charge in [0, 0.05) is 23.8 Å². The first-order chi connectivity index (χ1) is 13.5. The SMILES string of the molecule is CC(C)C1=C(Sc2ccccc2)N(Cc2cccnc2)C(C)N1COC(N)=S. The Morgan fingerprint density at radius 2 is 1.96 bits per heavy atom. The molecule has 0 aliphatic carbocycles. The van der Waals surface area contributed by atoms with Gasteiger partial charge in [0.15, 0.2) is 6.73 Å². The molecular formula is C21H26N4OS2. The summed E-state index contributed by atoms with van der Waals surface area (Å²) in [4.78, 5) is 10.1. The molecular weight excluding hydrogens is 388 g/mol. The van der Waals surface area contributed by atoms with Gasteiger partial charge in [0.1, 0.15) is 6.17 Å². The van der Waals surface area contributed by atoms with E-state index in [-0.39, 0.29) is 11.3 Å². The highest BCUT2D eigenvalue weighted by molar-refractivity contribution is 8.03. The van der Waals surface area contributed by atoms with E-state index in [1.807, 2.05) is 18.3 Å². The van der Waals surface area contributed by atoms with E-state index in [1.165, 1.54) is 21.2 Å². The molecule has 1 aliphatic heterocycles. The highest BCUT2D eigenvalue weighted by Crippen LogP contribution is 2.43. The second-order valence-corrected chi connectivity index (χ2v) is 8.41. The van der Waals surface area contributed by atoms with E-state index < -0.39 is 0 Å². The molecule has 0 spiro atoms. The summed E-state index contributed by atoms with van der Waals surface area (Å²) in [6.07, 6.45) is 3.83. The van der Waals surface area contributed by atoms with Crippen molar-refractivity contribution in [2.75, 3.05) is 6.73 Å². The van der Waals surface area contributed by atoms with Gasteiger partial charge in [0.05, 0.1) is 10.7 Å². The molecule has 0 fully saturated rings. The van der Waals surface area contributed by atoms with Crippen molar-refractivity contribution in [1.82, 2.24) is 14.8 Å². The number of rotatable bonds is 7. The van der Waals surface area contributed by atoms with Crippen LogP contribution in [-0.2, 0) is 11.3 Å². The number of hydrogen-bond acceptors (Lipinski definition) is 6. The third-order valence-corrected chi connectivity index (χ3v) is 5.88. The Hall–Kier alpha value is -2.25. The predicted molar refractivity (Wildman–Crippen MR) is 118 cm³/mol. The van der Waals surface area contributed by atoms with Crippen LogP contribution >= 0.6 is 24.0 Å². The number of ether oxygens (including phenoxy) is 1. The second-order valence-electron chi connectivity index (χ2n) is 6.94. The smallest absolute Gasteiger partial charge is 0.255 e. The van der Waals surface area contributed by atoms with Crippen LogP contribution in [0.5, 0.6) is 0 Å². The van der Waals surface area contributed by atoms with Crippen molar-refractivity contribution in [2.45, 2.75) is 38.4 Å². The van der Waals surface area contributed by atoms with Crippen molar-refractivity contribution in [3.05, 3.63) is 71.1 Å². The summed E-state index contributed by atoms with van der Waals surface area (Å²) in [6, 6.07) is 14.5.